The first-order chi connectivity index (χ1) is 6.70. The van der Waals surface area contributed by atoms with Gasteiger partial charge in [0.1, 0.15) is 5.82 Å². The molecule has 3 heteroatoms. The molecule has 0 saturated heterocycles. The third-order valence-electron chi connectivity index (χ3n) is 2.88. The van der Waals surface area contributed by atoms with Crippen LogP contribution in [-0.4, -0.2) is 19.6 Å². The van der Waals surface area contributed by atoms with Crippen molar-refractivity contribution < 1.29 is 4.39 Å². The molecular formula is C11H15FN2. The second-order valence-corrected chi connectivity index (χ2v) is 3.81. The number of nitrogens with zero attached hydrogens (tertiary/aromatic N) is 1. The summed E-state index contributed by atoms with van der Waals surface area (Å²) < 4.78 is 13.6. The van der Waals surface area contributed by atoms with Crippen LogP contribution in [0, 0.1) is 5.82 Å². The van der Waals surface area contributed by atoms with Crippen molar-refractivity contribution in [3.05, 3.63) is 24.0 Å². The van der Waals surface area contributed by atoms with E-state index in [0.29, 0.717) is 11.7 Å². The van der Waals surface area contributed by atoms with E-state index in [1.165, 1.54) is 6.07 Å². The Morgan fingerprint density at radius 1 is 1.50 bits per heavy atom. The molecule has 1 aromatic carbocycles. The molecule has 1 aliphatic heterocycles. The van der Waals surface area contributed by atoms with Gasteiger partial charge in [0, 0.05) is 19.6 Å². The molecule has 1 aliphatic rings. The van der Waals surface area contributed by atoms with Crippen LogP contribution in [0.1, 0.15) is 13.3 Å². The molecule has 0 fully saturated rings. The van der Waals surface area contributed by atoms with E-state index in [1.807, 2.05) is 18.0 Å². The van der Waals surface area contributed by atoms with Gasteiger partial charge in [-0.15, -0.1) is 0 Å². The number of anilines is 2. The van der Waals surface area contributed by atoms with E-state index in [4.69, 9.17) is 0 Å². The Hall–Kier alpha value is -1.25. The summed E-state index contributed by atoms with van der Waals surface area (Å²) in [5.74, 6) is -0.147. The van der Waals surface area contributed by atoms with E-state index in [1.54, 1.807) is 6.07 Å². The van der Waals surface area contributed by atoms with Crippen LogP contribution in [0.4, 0.5) is 15.8 Å². The predicted molar refractivity (Wildman–Crippen MR) is 57.4 cm³/mol. The number of hydrogen-bond donors (Lipinski definition) is 1. The SMILES string of the molecule is CC1CCNc2cccc(F)c2N1C. The predicted octanol–water partition coefficient (Wildman–Crippen LogP) is 2.47. The molecule has 0 saturated carbocycles. The number of hydrogen-bond acceptors (Lipinski definition) is 2. The Kier molecular flexibility index (Phi) is 2.32. The third kappa shape index (κ3) is 1.43. The zero-order chi connectivity index (χ0) is 10.1. The van der Waals surface area contributed by atoms with Gasteiger partial charge in [0.05, 0.1) is 11.4 Å². The molecule has 0 bridgehead atoms. The van der Waals surface area contributed by atoms with Crippen LogP contribution in [0.2, 0.25) is 0 Å². The van der Waals surface area contributed by atoms with Gasteiger partial charge < -0.3 is 10.2 Å². The van der Waals surface area contributed by atoms with Crippen molar-refractivity contribution in [2.45, 2.75) is 19.4 Å². The lowest BCUT2D eigenvalue weighted by molar-refractivity contribution is 0.603. The van der Waals surface area contributed by atoms with Gasteiger partial charge in [0.2, 0.25) is 0 Å². The minimum Gasteiger partial charge on any atom is -0.383 e. The lowest BCUT2D eigenvalue weighted by atomic mass is 10.2. The molecule has 1 heterocycles. The molecule has 0 aliphatic carbocycles. The van der Waals surface area contributed by atoms with Gasteiger partial charge >= 0.3 is 0 Å². The molecule has 76 valence electrons. The van der Waals surface area contributed by atoms with Crippen LogP contribution >= 0.6 is 0 Å². The number of rotatable bonds is 0. The molecule has 0 spiro atoms. The fraction of sp³-hybridized carbons (Fsp3) is 0.455. The van der Waals surface area contributed by atoms with E-state index in [2.05, 4.69) is 12.2 Å². The highest BCUT2D eigenvalue weighted by atomic mass is 19.1. The summed E-state index contributed by atoms with van der Waals surface area (Å²) in [4.78, 5) is 2.00. The zero-order valence-electron chi connectivity index (χ0n) is 8.55. The highest BCUT2D eigenvalue weighted by Crippen LogP contribution is 2.32. The van der Waals surface area contributed by atoms with Gasteiger partial charge in [-0.05, 0) is 25.5 Å². The normalized spacial score (nSPS) is 21.1. The van der Waals surface area contributed by atoms with Crippen LogP contribution < -0.4 is 10.2 Å². The Balaban J connectivity index is 2.49. The molecule has 0 aromatic heterocycles. The largest absolute Gasteiger partial charge is 0.383 e. The average Bonchev–Trinajstić information content (AvgIpc) is 2.29. The molecule has 1 N–H and O–H groups in total. The topological polar surface area (TPSA) is 15.3 Å². The van der Waals surface area contributed by atoms with Gasteiger partial charge in [-0.1, -0.05) is 6.07 Å². The third-order valence-corrected chi connectivity index (χ3v) is 2.88. The number of halogens is 1. The van der Waals surface area contributed by atoms with Crippen molar-refractivity contribution in [2.75, 3.05) is 23.8 Å². The lowest BCUT2D eigenvalue weighted by Crippen LogP contribution is -2.28. The van der Waals surface area contributed by atoms with E-state index < -0.39 is 0 Å². The molecule has 1 aromatic rings. The second-order valence-electron chi connectivity index (χ2n) is 3.81. The van der Waals surface area contributed by atoms with Gasteiger partial charge in [-0.25, -0.2) is 4.39 Å². The minimum atomic E-state index is -0.147. The van der Waals surface area contributed by atoms with Gasteiger partial charge in [0.25, 0.3) is 0 Å². The zero-order valence-corrected chi connectivity index (χ0v) is 8.55. The van der Waals surface area contributed by atoms with E-state index in [0.717, 1.165) is 18.7 Å². The second kappa shape index (κ2) is 3.48. The van der Waals surface area contributed by atoms with Crippen molar-refractivity contribution in [3.8, 4) is 0 Å². The Bertz CT molecular complexity index is 338. The maximum Gasteiger partial charge on any atom is 0.148 e. The highest BCUT2D eigenvalue weighted by Gasteiger charge is 2.20. The van der Waals surface area contributed by atoms with Gasteiger partial charge in [-0.2, -0.15) is 0 Å². The highest BCUT2D eigenvalue weighted by molar-refractivity contribution is 5.71. The van der Waals surface area contributed by atoms with Crippen molar-refractivity contribution in [2.24, 2.45) is 0 Å². The quantitative estimate of drug-likeness (QED) is 0.682. The summed E-state index contributed by atoms with van der Waals surface area (Å²) in [6.45, 7) is 3.02. The molecule has 2 rings (SSSR count). The van der Waals surface area contributed by atoms with E-state index >= 15 is 0 Å². The maximum atomic E-state index is 13.6. The Morgan fingerprint density at radius 3 is 3.07 bits per heavy atom. The molecular weight excluding hydrogens is 179 g/mol. The molecule has 14 heavy (non-hydrogen) atoms. The number of fused-ring (bicyclic) bond motifs is 1. The van der Waals surface area contributed by atoms with Gasteiger partial charge in [-0.3, -0.25) is 0 Å². The summed E-state index contributed by atoms with van der Waals surface area (Å²) in [7, 11) is 1.94. The number of para-hydroxylation sites is 1. The average molecular weight is 194 g/mol. The summed E-state index contributed by atoms with van der Waals surface area (Å²) in [6.07, 6.45) is 1.03. The molecule has 0 radical (unpaired) electrons. The first-order valence-corrected chi connectivity index (χ1v) is 4.95. The van der Waals surface area contributed by atoms with E-state index in [9.17, 15) is 4.39 Å². The van der Waals surface area contributed by atoms with Crippen LogP contribution in [0.25, 0.3) is 0 Å². The standard InChI is InChI=1S/C11H15FN2/c1-8-6-7-13-10-5-3-4-9(12)11(10)14(8)2/h3-5,8,13H,6-7H2,1-2H3. The van der Waals surface area contributed by atoms with Crippen LogP contribution in [0.15, 0.2) is 18.2 Å². The molecule has 2 nitrogen and oxygen atoms in total. The summed E-state index contributed by atoms with van der Waals surface area (Å²) in [5.41, 5.74) is 1.59. The fourth-order valence-electron chi connectivity index (χ4n) is 1.85. The minimum absolute atomic E-state index is 0.147. The van der Waals surface area contributed by atoms with Crippen molar-refractivity contribution in [1.29, 1.82) is 0 Å². The van der Waals surface area contributed by atoms with Crippen molar-refractivity contribution in [1.82, 2.24) is 0 Å². The Labute approximate surface area is 83.7 Å². The van der Waals surface area contributed by atoms with Crippen LogP contribution in [0.5, 0.6) is 0 Å². The smallest absolute Gasteiger partial charge is 0.148 e. The monoisotopic (exact) mass is 194 g/mol. The molecule has 0 amide bonds. The first kappa shape index (κ1) is 9.31. The van der Waals surface area contributed by atoms with Crippen LogP contribution in [0.3, 0.4) is 0 Å². The first-order valence-electron chi connectivity index (χ1n) is 4.95. The number of nitrogens with one attached hydrogen (secondary N) is 1. The summed E-state index contributed by atoms with van der Waals surface area (Å²) in [6, 6.07) is 5.55. The fourth-order valence-corrected chi connectivity index (χ4v) is 1.85. The molecule has 1 unspecified atom stereocenters. The van der Waals surface area contributed by atoms with Crippen molar-refractivity contribution in [3.63, 3.8) is 0 Å². The maximum absolute atomic E-state index is 13.6. The van der Waals surface area contributed by atoms with E-state index in [-0.39, 0.29) is 5.82 Å². The van der Waals surface area contributed by atoms with Crippen LogP contribution in [-0.2, 0) is 0 Å². The van der Waals surface area contributed by atoms with Gasteiger partial charge in [0.15, 0.2) is 0 Å². The summed E-state index contributed by atoms with van der Waals surface area (Å²) >= 11 is 0. The lowest BCUT2D eigenvalue weighted by Gasteiger charge is -2.25. The van der Waals surface area contributed by atoms with Crippen molar-refractivity contribution >= 4 is 11.4 Å². The Morgan fingerprint density at radius 2 is 2.29 bits per heavy atom. The summed E-state index contributed by atoms with van der Waals surface area (Å²) in [5, 5.41) is 3.25. The molecule has 1 atom stereocenters. The number of benzene rings is 1.